The first-order chi connectivity index (χ1) is 10.5. The molecule has 1 aromatic carbocycles. The third-order valence-electron chi connectivity index (χ3n) is 3.44. The fourth-order valence-electron chi connectivity index (χ4n) is 2.21. The predicted octanol–water partition coefficient (Wildman–Crippen LogP) is 1.32. The number of nitrogens with one attached hydrogen (secondary N) is 1. The van der Waals surface area contributed by atoms with Crippen LogP contribution in [0.4, 0.5) is 5.69 Å². The monoisotopic (exact) mass is 301 g/mol. The van der Waals surface area contributed by atoms with Crippen LogP contribution in [0.5, 0.6) is 0 Å². The summed E-state index contributed by atoms with van der Waals surface area (Å²) in [5.74, 6) is 1.40. The lowest BCUT2D eigenvalue weighted by Gasteiger charge is -2.12. The summed E-state index contributed by atoms with van der Waals surface area (Å²) in [5, 5.41) is 7.10. The number of hydrogen-bond acceptors (Lipinski definition) is 4. The van der Waals surface area contributed by atoms with Gasteiger partial charge in [-0.2, -0.15) is 5.10 Å². The molecule has 0 aliphatic rings. The van der Waals surface area contributed by atoms with Crippen molar-refractivity contribution in [2.24, 2.45) is 0 Å². The quantitative estimate of drug-likeness (QED) is 0.874. The molecule has 2 aromatic rings. The van der Waals surface area contributed by atoms with E-state index >= 15 is 0 Å². The number of amides is 1. The highest BCUT2D eigenvalue weighted by molar-refractivity contribution is 5.75. The number of hydrogen-bond donors (Lipinski definition) is 1. The average molecular weight is 301 g/mol. The molecule has 22 heavy (non-hydrogen) atoms. The number of nitrogens with zero attached hydrogens (tertiary/aromatic N) is 4. The first kappa shape index (κ1) is 16.0. The molecule has 0 saturated carbocycles. The maximum absolute atomic E-state index is 11.9. The molecule has 1 heterocycles. The molecular weight excluding hydrogens is 278 g/mol. The van der Waals surface area contributed by atoms with Crippen molar-refractivity contribution in [2.45, 2.75) is 26.8 Å². The number of anilines is 1. The standard InChI is InChI=1S/C16H23N5O/c1-12-18-13(2)21(19-12)11-16(22)17-10-9-14-5-7-15(8-6-14)20(3)4/h5-8H,9-11H2,1-4H3,(H,17,22). The van der Waals surface area contributed by atoms with Crippen LogP contribution < -0.4 is 10.2 Å². The summed E-state index contributed by atoms with van der Waals surface area (Å²) in [6, 6.07) is 8.34. The summed E-state index contributed by atoms with van der Waals surface area (Å²) in [6.07, 6.45) is 0.814. The molecule has 1 amide bonds. The van der Waals surface area contributed by atoms with Gasteiger partial charge in [0.05, 0.1) is 0 Å². The normalized spacial score (nSPS) is 10.5. The van der Waals surface area contributed by atoms with Crippen LogP contribution in [0.15, 0.2) is 24.3 Å². The molecule has 118 valence electrons. The smallest absolute Gasteiger partial charge is 0.241 e. The summed E-state index contributed by atoms with van der Waals surface area (Å²) in [5.41, 5.74) is 2.38. The summed E-state index contributed by atoms with van der Waals surface area (Å²) in [6.45, 7) is 4.50. The van der Waals surface area contributed by atoms with Crippen LogP contribution in [0, 0.1) is 13.8 Å². The Bertz CT molecular complexity index is 630. The number of benzene rings is 1. The van der Waals surface area contributed by atoms with Gasteiger partial charge in [0.2, 0.25) is 5.91 Å². The molecule has 0 aliphatic carbocycles. The summed E-state index contributed by atoms with van der Waals surface area (Å²) < 4.78 is 1.62. The Morgan fingerprint density at radius 2 is 1.91 bits per heavy atom. The maximum atomic E-state index is 11.9. The van der Waals surface area contributed by atoms with E-state index in [1.54, 1.807) is 4.68 Å². The Balaban J connectivity index is 1.78. The molecule has 2 rings (SSSR count). The van der Waals surface area contributed by atoms with Gasteiger partial charge < -0.3 is 10.2 Å². The molecule has 0 unspecified atom stereocenters. The van der Waals surface area contributed by atoms with Crippen molar-refractivity contribution >= 4 is 11.6 Å². The van der Waals surface area contributed by atoms with E-state index in [9.17, 15) is 4.79 Å². The van der Waals surface area contributed by atoms with Gasteiger partial charge >= 0.3 is 0 Å². The Kier molecular flexibility index (Phi) is 5.14. The van der Waals surface area contributed by atoms with Crippen molar-refractivity contribution in [3.63, 3.8) is 0 Å². The zero-order valence-electron chi connectivity index (χ0n) is 13.6. The molecular formula is C16H23N5O. The van der Waals surface area contributed by atoms with E-state index in [-0.39, 0.29) is 12.5 Å². The molecule has 0 aliphatic heterocycles. The topological polar surface area (TPSA) is 63.1 Å². The molecule has 0 fully saturated rings. The molecule has 1 N–H and O–H groups in total. The van der Waals surface area contributed by atoms with Crippen LogP contribution in [0.25, 0.3) is 0 Å². The number of carbonyl (C=O) groups is 1. The van der Waals surface area contributed by atoms with Gasteiger partial charge in [-0.1, -0.05) is 12.1 Å². The van der Waals surface area contributed by atoms with Crippen molar-refractivity contribution in [1.29, 1.82) is 0 Å². The van der Waals surface area contributed by atoms with Crippen LogP contribution in [0.2, 0.25) is 0 Å². The number of aromatic nitrogens is 3. The Hall–Kier alpha value is -2.37. The van der Waals surface area contributed by atoms with E-state index in [4.69, 9.17) is 0 Å². The maximum Gasteiger partial charge on any atom is 0.241 e. The lowest BCUT2D eigenvalue weighted by Crippen LogP contribution is -2.30. The highest BCUT2D eigenvalue weighted by atomic mass is 16.2. The first-order valence-electron chi connectivity index (χ1n) is 7.36. The third-order valence-corrected chi connectivity index (χ3v) is 3.44. The number of carbonyl (C=O) groups excluding carboxylic acids is 1. The summed E-state index contributed by atoms with van der Waals surface area (Å²) in [7, 11) is 4.03. The zero-order valence-corrected chi connectivity index (χ0v) is 13.6. The van der Waals surface area contributed by atoms with Crippen LogP contribution in [-0.2, 0) is 17.8 Å². The van der Waals surface area contributed by atoms with Crippen molar-refractivity contribution in [2.75, 3.05) is 25.5 Å². The first-order valence-corrected chi connectivity index (χ1v) is 7.36. The highest BCUT2D eigenvalue weighted by Gasteiger charge is 2.07. The van der Waals surface area contributed by atoms with E-state index in [2.05, 4.69) is 44.6 Å². The van der Waals surface area contributed by atoms with Crippen molar-refractivity contribution in [1.82, 2.24) is 20.1 Å². The van der Waals surface area contributed by atoms with E-state index in [0.29, 0.717) is 12.4 Å². The minimum atomic E-state index is -0.0436. The van der Waals surface area contributed by atoms with Gasteiger partial charge in [-0.25, -0.2) is 9.67 Å². The number of aryl methyl sites for hydroxylation is 2. The minimum absolute atomic E-state index is 0.0436. The fourth-order valence-corrected chi connectivity index (χ4v) is 2.21. The Labute approximate surface area is 131 Å². The Morgan fingerprint density at radius 3 is 2.45 bits per heavy atom. The SMILES string of the molecule is Cc1nc(C)n(CC(=O)NCCc2ccc(N(C)C)cc2)n1. The molecule has 0 spiro atoms. The second kappa shape index (κ2) is 7.06. The minimum Gasteiger partial charge on any atom is -0.378 e. The van der Waals surface area contributed by atoms with Gasteiger partial charge in [-0.15, -0.1) is 0 Å². The van der Waals surface area contributed by atoms with Crippen LogP contribution >= 0.6 is 0 Å². The second-order valence-corrected chi connectivity index (χ2v) is 5.52. The highest BCUT2D eigenvalue weighted by Crippen LogP contribution is 2.12. The molecule has 1 aromatic heterocycles. The molecule has 6 heteroatoms. The van der Waals surface area contributed by atoms with Crippen LogP contribution in [-0.4, -0.2) is 41.3 Å². The van der Waals surface area contributed by atoms with Gasteiger partial charge in [0.1, 0.15) is 18.2 Å². The third kappa shape index (κ3) is 4.31. The van der Waals surface area contributed by atoms with Crippen LogP contribution in [0.3, 0.4) is 0 Å². The summed E-state index contributed by atoms with van der Waals surface area (Å²) >= 11 is 0. The van der Waals surface area contributed by atoms with Gasteiger partial charge in [-0.3, -0.25) is 4.79 Å². The second-order valence-electron chi connectivity index (χ2n) is 5.52. The zero-order chi connectivity index (χ0) is 16.1. The average Bonchev–Trinajstić information content (AvgIpc) is 2.77. The van der Waals surface area contributed by atoms with Crippen molar-refractivity contribution < 1.29 is 4.79 Å². The largest absolute Gasteiger partial charge is 0.378 e. The van der Waals surface area contributed by atoms with E-state index in [1.807, 2.05) is 27.9 Å². The van der Waals surface area contributed by atoms with Gasteiger partial charge in [0.15, 0.2) is 0 Å². The fraction of sp³-hybridized carbons (Fsp3) is 0.438. The van der Waals surface area contributed by atoms with Crippen LogP contribution in [0.1, 0.15) is 17.2 Å². The lowest BCUT2D eigenvalue weighted by molar-refractivity contribution is -0.121. The van der Waals surface area contributed by atoms with E-state index in [1.165, 1.54) is 11.3 Å². The number of rotatable bonds is 6. The van der Waals surface area contributed by atoms with E-state index in [0.717, 1.165) is 12.2 Å². The van der Waals surface area contributed by atoms with Gasteiger partial charge in [-0.05, 0) is 38.0 Å². The Morgan fingerprint density at radius 1 is 1.23 bits per heavy atom. The summed E-state index contributed by atoms with van der Waals surface area (Å²) in [4.78, 5) is 18.1. The molecule has 0 radical (unpaired) electrons. The van der Waals surface area contributed by atoms with Crippen molar-refractivity contribution in [3.05, 3.63) is 41.5 Å². The molecule has 6 nitrogen and oxygen atoms in total. The van der Waals surface area contributed by atoms with Gasteiger partial charge in [0, 0.05) is 26.3 Å². The lowest BCUT2D eigenvalue weighted by atomic mass is 10.1. The molecule has 0 atom stereocenters. The van der Waals surface area contributed by atoms with Gasteiger partial charge in [0.25, 0.3) is 0 Å². The van der Waals surface area contributed by atoms with Crippen molar-refractivity contribution in [3.8, 4) is 0 Å². The molecule has 0 saturated heterocycles. The molecule has 0 bridgehead atoms. The van der Waals surface area contributed by atoms with E-state index < -0.39 is 0 Å². The predicted molar refractivity (Wildman–Crippen MR) is 87.0 cm³/mol.